The molecule has 130 valence electrons. The number of pyridine rings is 1. The molecule has 0 bridgehead atoms. The van der Waals surface area contributed by atoms with Gasteiger partial charge in [-0.3, -0.25) is 4.79 Å². The van der Waals surface area contributed by atoms with Crippen LogP contribution in [0.1, 0.15) is 5.69 Å². The van der Waals surface area contributed by atoms with Crippen molar-refractivity contribution in [3.63, 3.8) is 0 Å². The normalized spacial score (nSPS) is 10.8. The first-order valence-electron chi connectivity index (χ1n) is 7.51. The highest BCUT2D eigenvalue weighted by molar-refractivity contribution is 7.13. The van der Waals surface area contributed by atoms with Crippen molar-refractivity contribution < 1.29 is 4.79 Å². The maximum absolute atomic E-state index is 12.3. The van der Waals surface area contributed by atoms with E-state index in [0.717, 1.165) is 17.2 Å². The third-order valence-electron chi connectivity index (χ3n) is 3.42. The number of carbonyl (C=O) groups is 1. The number of aromatic nitrogens is 4. The lowest BCUT2D eigenvalue weighted by atomic mass is 10.2. The van der Waals surface area contributed by atoms with E-state index >= 15 is 0 Å². The number of hydrogen-bond donors (Lipinski definition) is 2. The lowest BCUT2D eigenvalue weighted by molar-refractivity contribution is -0.115. The van der Waals surface area contributed by atoms with Gasteiger partial charge in [0.25, 0.3) is 0 Å². The molecule has 7 nitrogen and oxygen atoms in total. The molecule has 0 unspecified atom stereocenters. The van der Waals surface area contributed by atoms with Gasteiger partial charge in [-0.2, -0.15) is 8.75 Å². The number of thiazole rings is 1. The summed E-state index contributed by atoms with van der Waals surface area (Å²) >= 11 is 8.34. The number of carbonyl (C=O) groups excluding carboxylic acids is 1. The third-order valence-corrected chi connectivity index (χ3v) is 4.99. The summed E-state index contributed by atoms with van der Waals surface area (Å²) in [4.78, 5) is 20.9. The van der Waals surface area contributed by atoms with E-state index in [1.165, 1.54) is 11.3 Å². The lowest BCUT2D eigenvalue weighted by Gasteiger charge is -2.04. The van der Waals surface area contributed by atoms with Gasteiger partial charge in [0, 0.05) is 11.6 Å². The van der Waals surface area contributed by atoms with Crippen LogP contribution in [0, 0.1) is 0 Å². The van der Waals surface area contributed by atoms with Crippen molar-refractivity contribution in [1.29, 1.82) is 0 Å². The number of nitrogens with one attached hydrogen (secondary N) is 2. The Morgan fingerprint density at radius 1 is 1.19 bits per heavy atom. The highest BCUT2D eigenvalue weighted by Gasteiger charge is 2.11. The molecular weight excluding hydrogens is 392 g/mol. The first-order chi connectivity index (χ1) is 12.7. The molecule has 4 aromatic rings. The van der Waals surface area contributed by atoms with Crippen molar-refractivity contribution in [1.82, 2.24) is 18.7 Å². The SMILES string of the molecule is O=C(Cc1csc(Nc2ccc(Cl)cn2)n1)Nc1cccc2nsnc12. The molecule has 0 radical (unpaired) electrons. The number of amides is 1. The highest BCUT2D eigenvalue weighted by Crippen LogP contribution is 2.23. The molecule has 0 spiro atoms. The molecule has 1 aromatic carbocycles. The van der Waals surface area contributed by atoms with Crippen molar-refractivity contribution in [2.45, 2.75) is 6.42 Å². The molecule has 0 saturated carbocycles. The fourth-order valence-electron chi connectivity index (χ4n) is 2.27. The molecule has 1 amide bonds. The van der Waals surface area contributed by atoms with Crippen molar-refractivity contribution in [2.24, 2.45) is 0 Å². The molecule has 4 rings (SSSR count). The van der Waals surface area contributed by atoms with Crippen molar-refractivity contribution >= 4 is 68.2 Å². The largest absolute Gasteiger partial charge is 0.324 e. The summed E-state index contributed by atoms with van der Waals surface area (Å²) in [6, 6.07) is 9.01. The average Bonchev–Trinajstić information content (AvgIpc) is 3.27. The van der Waals surface area contributed by atoms with Crippen LogP contribution in [0.25, 0.3) is 11.0 Å². The van der Waals surface area contributed by atoms with Gasteiger partial charge in [0.05, 0.1) is 34.6 Å². The van der Waals surface area contributed by atoms with E-state index in [9.17, 15) is 4.79 Å². The van der Waals surface area contributed by atoms with Crippen molar-refractivity contribution in [3.05, 3.63) is 52.6 Å². The third kappa shape index (κ3) is 3.79. The molecule has 0 aliphatic carbocycles. The number of fused-ring (bicyclic) bond motifs is 1. The molecule has 0 fully saturated rings. The number of anilines is 3. The van der Waals surface area contributed by atoms with Gasteiger partial charge in [-0.25, -0.2) is 9.97 Å². The zero-order chi connectivity index (χ0) is 17.9. The van der Waals surface area contributed by atoms with Gasteiger partial charge in [0.1, 0.15) is 16.9 Å². The number of rotatable bonds is 5. The van der Waals surface area contributed by atoms with E-state index in [4.69, 9.17) is 11.6 Å². The van der Waals surface area contributed by atoms with Crippen LogP contribution in [0.2, 0.25) is 5.02 Å². The minimum Gasteiger partial charge on any atom is -0.324 e. The van der Waals surface area contributed by atoms with E-state index < -0.39 is 0 Å². The van der Waals surface area contributed by atoms with Gasteiger partial charge >= 0.3 is 0 Å². The molecule has 0 aliphatic rings. The van der Waals surface area contributed by atoms with E-state index in [-0.39, 0.29) is 12.3 Å². The molecule has 0 atom stereocenters. The summed E-state index contributed by atoms with van der Waals surface area (Å²) in [6.45, 7) is 0. The second-order valence-corrected chi connectivity index (χ2v) is 7.12. The Balaban J connectivity index is 1.41. The number of nitrogens with zero attached hydrogens (tertiary/aromatic N) is 4. The van der Waals surface area contributed by atoms with Crippen LogP contribution in [0.3, 0.4) is 0 Å². The molecular formula is C16H11ClN6OS2. The summed E-state index contributed by atoms with van der Waals surface area (Å²) in [7, 11) is 0. The zero-order valence-electron chi connectivity index (χ0n) is 13.1. The monoisotopic (exact) mass is 402 g/mol. The second-order valence-electron chi connectivity index (χ2n) is 5.29. The van der Waals surface area contributed by atoms with Crippen molar-refractivity contribution in [2.75, 3.05) is 10.6 Å². The Morgan fingerprint density at radius 3 is 2.96 bits per heavy atom. The quantitative estimate of drug-likeness (QED) is 0.521. The summed E-state index contributed by atoms with van der Waals surface area (Å²) in [5.41, 5.74) is 2.79. The Hall–Kier alpha value is -2.62. The van der Waals surface area contributed by atoms with Gasteiger partial charge in [-0.1, -0.05) is 17.7 Å². The minimum absolute atomic E-state index is 0.160. The Kier molecular flexibility index (Phi) is 4.74. The highest BCUT2D eigenvalue weighted by atomic mass is 35.5. The fourth-order valence-corrected chi connectivity index (χ4v) is 3.65. The van der Waals surface area contributed by atoms with Gasteiger partial charge in [0.2, 0.25) is 5.91 Å². The standard InChI is InChI=1S/C16H11ClN6OS2/c17-9-4-5-13(18-7-9)21-16-19-10(8-25-16)6-14(24)20-11-2-1-3-12-15(11)23-26-22-12/h1-5,7-8H,6H2,(H,20,24)(H,18,19,21). The molecule has 26 heavy (non-hydrogen) atoms. The Bertz CT molecular complexity index is 1060. The lowest BCUT2D eigenvalue weighted by Crippen LogP contribution is -2.14. The number of benzene rings is 1. The van der Waals surface area contributed by atoms with Crippen LogP contribution in [-0.4, -0.2) is 24.6 Å². The topological polar surface area (TPSA) is 92.7 Å². The van der Waals surface area contributed by atoms with E-state index in [1.807, 2.05) is 23.6 Å². The summed E-state index contributed by atoms with van der Waals surface area (Å²) in [5, 5.41) is 9.02. The average molecular weight is 403 g/mol. The predicted octanol–water partition coefficient (Wildman–Crippen LogP) is 4.12. The maximum Gasteiger partial charge on any atom is 0.230 e. The van der Waals surface area contributed by atoms with Crippen LogP contribution in [-0.2, 0) is 11.2 Å². The number of hydrogen-bond acceptors (Lipinski definition) is 8. The molecule has 10 heteroatoms. The summed E-state index contributed by atoms with van der Waals surface area (Å²) in [5.74, 6) is 0.481. The van der Waals surface area contributed by atoms with Gasteiger partial charge in [0.15, 0.2) is 5.13 Å². The molecule has 3 aromatic heterocycles. The zero-order valence-corrected chi connectivity index (χ0v) is 15.5. The Morgan fingerprint density at radius 2 is 2.12 bits per heavy atom. The van der Waals surface area contributed by atoms with Gasteiger partial charge < -0.3 is 10.6 Å². The first-order valence-corrected chi connectivity index (χ1v) is 9.50. The van der Waals surface area contributed by atoms with Crippen LogP contribution >= 0.6 is 34.7 Å². The van der Waals surface area contributed by atoms with E-state index in [1.54, 1.807) is 18.3 Å². The van der Waals surface area contributed by atoms with E-state index in [0.29, 0.717) is 32.9 Å². The minimum atomic E-state index is -0.160. The number of halogens is 1. The van der Waals surface area contributed by atoms with Crippen molar-refractivity contribution in [3.8, 4) is 0 Å². The first kappa shape index (κ1) is 16.8. The second kappa shape index (κ2) is 7.32. The van der Waals surface area contributed by atoms with Gasteiger partial charge in [-0.05, 0) is 24.3 Å². The molecule has 3 heterocycles. The van der Waals surface area contributed by atoms with Crippen LogP contribution in [0.4, 0.5) is 16.6 Å². The van der Waals surface area contributed by atoms with Gasteiger partial charge in [-0.15, -0.1) is 11.3 Å². The fraction of sp³-hybridized carbons (Fsp3) is 0.0625. The van der Waals surface area contributed by atoms with Crippen LogP contribution in [0.15, 0.2) is 41.9 Å². The molecule has 0 saturated heterocycles. The molecule has 2 N–H and O–H groups in total. The summed E-state index contributed by atoms with van der Waals surface area (Å²) < 4.78 is 8.38. The van der Waals surface area contributed by atoms with Crippen LogP contribution in [0.5, 0.6) is 0 Å². The maximum atomic E-state index is 12.3. The van der Waals surface area contributed by atoms with Crippen LogP contribution < -0.4 is 10.6 Å². The van der Waals surface area contributed by atoms with E-state index in [2.05, 4.69) is 29.3 Å². The summed E-state index contributed by atoms with van der Waals surface area (Å²) in [6.07, 6.45) is 1.72. The Labute approximate surface area is 161 Å². The predicted molar refractivity (Wildman–Crippen MR) is 104 cm³/mol. The molecule has 0 aliphatic heterocycles. The smallest absolute Gasteiger partial charge is 0.230 e.